The van der Waals surface area contributed by atoms with Crippen molar-refractivity contribution in [3.8, 4) is 0 Å². The Balaban J connectivity index is 1.41. The zero-order valence-electron chi connectivity index (χ0n) is 12.3. The predicted octanol–water partition coefficient (Wildman–Crippen LogP) is 3.52. The van der Waals surface area contributed by atoms with E-state index in [1.165, 1.54) is 50.9 Å². The SMILES string of the molecule is CN1CCCC(CNC2CC(c3ccccc3Cl)C2)C1. The van der Waals surface area contributed by atoms with Gasteiger partial charge in [0.15, 0.2) is 0 Å². The number of rotatable bonds is 4. The number of nitrogens with zero attached hydrogens (tertiary/aromatic N) is 1. The second kappa shape index (κ2) is 6.46. The van der Waals surface area contributed by atoms with Gasteiger partial charge in [-0.25, -0.2) is 0 Å². The van der Waals surface area contributed by atoms with Gasteiger partial charge in [-0.2, -0.15) is 0 Å². The Labute approximate surface area is 127 Å². The molecule has 3 rings (SSSR count). The minimum atomic E-state index is 0.662. The van der Waals surface area contributed by atoms with E-state index in [-0.39, 0.29) is 0 Å². The summed E-state index contributed by atoms with van der Waals surface area (Å²) < 4.78 is 0. The van der Waals surface area contributed by atoms with Crippen molar-refractivity contribution in [2.45, 2.75) is 37.6 Å². The van der Waals surface area contributed by atoms with Crippen LogP contribution in [0.4, 0.5) is 0 Å². The van der Waals surface area contributed by atoms with E-state index in [0.717, 1.165) is 10.9 Å². The van der Waals surface area contributed by atoms with Crippen LogP contribution in [0.3, 0.4) is 0 Å². The van der Waals surface area contributed by atoms with Gasteiger partial charge in [0.05, 0.1) is 0 Å². The first-order chi connectivity index (χ1) is 9.72. The zero-order chi connectivity index (χ0) is 13.9. The molecule has 1 atom stereocenters. The zero-order valence-corrected chi connectivity index (χ0v) is 13.1. The summed E-state index contributed by atoms with van der Waals surface area (Å²) in [5.74, 6) is 1.50. The van der Waals surface area contributed by atoms with E-state index in [4.69, 9.17) is 11.6 Å². The molecule has 0 spiro atoms. The lowest BCUT2D eigenvalue weighted by Gasteiger charge is -2.38. The van der Waals surface area contributed by atoms with Crippen LogP contribution in [0, 0.1) is 5.92 Å². The molecule has 110 valence electrons. The number of hydrogen-bond donors (Lipinski definition) is 1. The molecule has 0 amide bonds. The highest BCUT2D eigenvalue weighted by Gasteiger charge is 2.31. The number of hydrogen-bond acceptors (Lipinski definition) is 2. The Kier molecular flexibility index (Phi) is 4.65. The summed E-state index contributed by atoms with van der Waals surface area (Å²) in [5, 5.41) is 4.69. The summed E-state index contributed by atoms with van der Waals surface area (Å²) in [6, 6.07) is 9.00. The largest absolute Gasteiger partial charge is 0.314 e. The smallest absolute Gasteiger partial charge is 0.0440 e. The van der Waals surface area contributed by atoms with E-state index in [0.29, 0.717) is 12.0 Å². The number of likely N-dealkylation sites (tertiary alicyclic amines) is 1. The number of benzene rings is 1. The highest BCUT2D eigenvalue weighted by molar-refractivity contribution is 6.31. The molecule has 1 N–H and O–H groups in total. The standard InChI is InChI=1S/C17H25ClN2/c1-20-8-4-5-13(12-20)11-19-15-9-14(10-15)16-6-2-3-7-17(16)18/h2-3,6-7,13-15,19H,4-5,8-12H2,1H3. The first kappa shape index (κ1) is 14.4. The molecule has 0 radical (unpaired) electrons. The molecule has 20 heavy (non-hydrogen) atoms. The van der Waals surface area contributed by atoms with Gasteiger partial charge >= 0.3 is 0 Å². The van der Waals surface area contributed by atoms with E-state index in [1.54, 1.807) is 0 Å². The third-order valence-electron chi connectivity index (χ3n) is 4.90. The fraction of sp³-hybridized carbons (Fsp3) is 0.647. The Morgan fingerprint density at radius 1 is 1.30 bits per heavy atom. The fourth-order valence-electron chi connectivity index (χ4n) is 3.62. The van der Waals surface area contributed by atoms with Gasteiger partial charge in [-0.05, 0) is 69.3 Å². The van der Waals surface area contributed by atoms with Crippen LogP contribution in [-0.4, -0.2) is 37.6 Å². The Bertz CT molecular complexity index is 442. The predicted molar refractivity (Wildman–Crippen MR) is 85.4 cm³/mol. The van der Waals surface area contributed by atoms with Crippen LogP contribution < -0.4 is 5.32 Å². The summed E-state index contributed by atoms with van der Waals surface area (Å²) in [6.45, 7) is 3.71. The van der Waals surface area contributed by atoms with Crippen LogP contribution in [0.5, 0.6) is 0 Å². The van der Waals surface area contributed by atoms with Crippen LogP contribution in [0.2, 0.25) is 5.02 Å². The number of halogens is 1. The van der Waals surface area contributed by atoms with Crippen LogP contribution in [-0.2, 0) is 0 Å². The minimum absolute atomic E-state index is 0.662. The van der Waals surface area contributed by atoms with Gasteiger partial charge in [0.25, 0.3) is 0 Å². The second-order valence-corrected chi connectivity index (χ2v) is 6.97. The first-order valence-corrected chi connectivity index (χ1v) is 8.26. The molecule has 1 unspecified atom stereocenters. The Morgan fingerprint density at radius 2 is 2.10 bits per heavy atom. The summed E-state index contributed by atoms with van der Waals surface area (Å²) in [5.41, 5.74) is 1.34. The van der Waals surface area contributed by atoms with Gasteiger partial charge in [-0.1, -0.05) is 29.8 Å². The highest BCUT2D eigenvalue weighted by Crippen LogP contribution is 2.39. The summed E-state index contributed by atoms with van der Waals surface area (Å²) in [6.07, 6.45) is 5.23. The third kappa shape index (κ3) is 3.36. The molecule has 2 fully saturated rings. The van der Waals surface area contributed by atoms with Gasteiger partial charge in [-0.15, -0.1) is 0 Å². The maximum atomic E-state index is 6.27. The monoisotopic (exact) mass is 292 g/mol. The molecule has 2 aliphatic rings. The van der Waals surface area contributed by atoms with Crippen molar-refractivity contribution in [3.05, 3.63) is 34.9 Å². The molecule has 1 aliphatic heterocycles. The fourth-order valence-corrected chi connectivity index (χ4v) is 3.91. The summed E-state index contributed by atoms with van der Waals surface area (Å²) in [7, 11) is 2.24. The van der Waals surface area contributed by atoms with Crippen LogP contribution >= 0.6 is 11.6 Å². The van der Waals surface area contributed by atoms with Crippen molar-refractivity contribution in [1.29, 1.82) is 0 Å². The molecule has 0 bridgehead atoms. The number of nitrogens with one attached hydrogen (secondary N) is 1. The Morgan fingerprint density at radius 3 is 2.85 bits per heavy atom. The minimum Gasteiger partial charge on any atom is -0.314 e. The van der Waals surface area contributed by atoms with Gasteiger partial charge in [0.1, 0.15) is 0 Å². The lowest BCUT2D eigenvalue weighted by Crippen LogP contribution is -2.45. The molecule has 0 aromatic heterocycles. The molecule has 1 saturated carbocycles. The molecule has 1 aliphatic carbocycles. The van der Waals surface area contributed by atoms with Crippen molar-refractivity contribution < 1.29 is 0 Å². The van der Waals surface area contributed by atoms with Crippen molar-refractivity contribution in [2.75, 3.05) is 26.7 Å². The molecule has 2 nitrogen and oxygen atoms in total. The topological polar surface area (TPSA) is 15.3 Å². The highest BCUT2D eigenvalue weighted by atomic mass is 35.5. The quantitative estimate of drug-likeness (QED) is 0.913. The van der Waals surface area contributed by atoms with Gasteiger partial charge < -0.3 is 10.2 Å². The van der Waals surface area contributed by atoms with Gasteiger partial charge in [-0.3, -0.25) is 0 Å². The average Bonchev–Trinajstić information content (AvgIpc) is 2.39. The first-order valence-electron chi connectivity index (χ1n) is 7.88. The van der Waals surface area contributed by atoms with Crippen molar-refractivity contribution in [3.63, 3.8) is 0 Å². The molecular weight excluding hydrogens is 268 g/mol. The van der Waals surface area contributed by atoms with E-state index in [2.05, 4.69) is 29.4 Å². The molecule has 1 aromatic carbocycles. The summed E-state index contributed by atoms with van der Waals surface area (Å²) >= 11 is 6.27. The lowest BCUT2D eigenvalue weighted by atomic mass is 9.75. The molecule has 1 saturated heterocycles. The van der Waals surface area contributed by atoms with Crippen LogP contribution in [0.15, 0.2) is 24.3 Å². The van der Waals surface area contributed by atoms with Gasteiger partial charge in [0, 0.05) is 17.6 Å². The van der Waals surface area contributed by atoms with Crippen LogP contribution in [0.25, 0.3) is 0 Å². The normalized spacial score (nSPS) is 31.0. The molecule has 1 aromatic rings. The van der Waals surface area contributed by atoms with Gasteiger partial charge in [0.2, 0.25) is 0 Å². The maximum absolute atomic E-state index is 6.27. The van der Waals surface area contributed by atoms with Crippen LogP contribution in [0.1, 0.15) is 37.2 Å². The van der Waals surface area contributed by atoms with Crippen molar-refractivity contribution >= 4 is 11.6 Å². The van der Waals surface area contributed by atoms with E-state index >= 15 is 0 Å². The second-order valence-electron chi connectivity index (χ2n) is 6.57. The average molecular weight is 293 g/mol. The maximum Gasteiger partial charge on any atom is 0.0440 e. The molecule has 1 heterocycles. The van der Waals surface area contributed by atoms with E-state index in [9.17, 15) is 0 Å². The van der Waals surface area contributed by atoms with Crippen molar-refractivity contribution in [2.24, 2.45) is 5.92 Å². The summed E-state index contributed by atoms with van der Waals surface area (Å²) in [4.78, 5) is 2.46. The van der Waals surface area contributed by atoms with E-state index in [1.807, 2.05) is 12.1 Å². The van der Waals surface area contributed by atoms with E-state index < -0.39 is 0 Å². The Hall–Kier alpha value is -0.570. The molecular formula is C17H25ClN2. The number of piperidine rings is 1. The molecule has 3 heteroatoms. The third-order valence-corrected chi connectivity index (χ3v) is 5.24. The lowest BCUT2D eigenvalue weighted by molar-refractivity contribution is 0.190. The van der Waals surface area contributed by atoms with Crippen molar-refractivity contribution in [1.82, 2.24) is 10.2 Å².